The third-order valence-corrected chi connectivity index (χ3v) is 4.18. The molecule has 0 aliphatic rings. The number of pyridine rings is 1. The normalized spacial score (nSPS) is 11.0. The molecule has 26 heavy (non-hydrogen) atoms. The van der Waals surface area contributed by atoms with Crippen molar-refractivity contribution in [1.82, 2.24) is 4.57 Å². The van der Waals surface area contributed by atoms with Gasteiger partial charge in [-0.25, -0.2) is 22.4 Å². The minimum absolute atomic E-state index is 0.294. The van der Waals surface area contributed by atoms with Crippen LogP contribution in [-0.4, -0.2) is 15.8 Å². The van der Waals surface area contributed by atoms with Crippen molar-refractivity contribution in [2.24, 2.45) is 0 Å². The van der Waals surface area contributed by atoms with E-state index in [0.717, 1.165) is 22.9 Å². The first-order valence-electron chi connectivity index (χ1n) is 6.79. The molecule has 0 saturated heterocycles. The molecule has 0 bridgehead atoms. The Balaban J connectivity index is 2.50. The number of carboxylic acid groups (broad SMARTS) is 1. The van der Waals surface area contributed by atoms with Gasteiger partial charge in [0.2, 0.25) is 5.43 Å². The molecule has 1 aromatic heterocycles. The lowest BCUT2D eigenvalue weighted by molar-refractivity contribution is 0.144. The average Bonchev–Trinajstić information content (AvgIpc) is 2.55. The van der Waals surface area contributed by atoms with Gasteiger partial charge >= 0.3 is 6.16 Å². The molecule has 3 aromatic rings. The van der Waals surface area contributed by atoms with Gasteiger partial charge in [0, 0.05) is 6.07 Å². The molecule has 1 heterocycles. The lowest BCUT2D eigenvalue weighted by atomic mass is 10.1. The minimum atomic E-state index is -1.84. The van der Waals surface area contributed by atoms with Crippen LogP contribution in [-0.2, 0) is 0 Å². The highest BCUT2D eigenvalue weighted by atomic mass is 79.9. The zero-order valence-electron chi connectivity index (χ0n) is 12.4. The second-order valence-electron chi connectivity index (χ2n) is 5.04. The van der Waals surface area contributed by atoms with Crippen LogP contribution in [0.3, 0.4) is 0 Å². The molecular formula is C16H6BrF4NO4. The van der Waals surface area contributed by atoms with Crippen molar-refractivity contribution in [3.63, 3.8) is 0 Å². The zero-order chi connectivity index (χ0) is 19.2. The Hall–Kier alpha value is -2.88. The summed E-state index contributed by atoms with van der Waals surface area (Å²) in [6.45, 7) is 0. The summed E-state index contributed by atoms with van der Waals surface area (Å²) in [5, 5.41) is 8.26. The molecule has 134 valence electrons. The Labute approximate surface area is 150 Å². The van der Waals surface area contributed by atoms with E-state index in [1.54, 1.807) is 0 Å². The van der Waals surface area contributed by atoms with E-state index in [2.05, 4.69) is 20.7 Å². The van der Waals surface area contributed by atoms with E-state index in [9.17, 15) is 27.2 Å². The maximum Gasteiger partial charge on any atom is 0.511 e. The van der Waals surface area contributed by atoms with Crippen LogP contribution in [0.2, 0.25) is 0 Å². The lowest BCUT2D eigenvalue weighted by Gasteiger charge is -2.15. The van der Waals surface area contributed by atoms with E-state index >= 15 is 0 Å². The van der Waals surface area contributed by atoms with Gasteiger partial charge in [-0.2, -0.15) is 0 Å². The number of benzene rings is 2. The fourth-order valence-corrected chi connectivity index (χ4v) is 2.99. The quantitative estimate of drug-likeness (QED) is 0.371. The molecule has 0 unspecified atom stereocenters. The van der Waals surface area contributed by atoms with Crippen LogP contribution in [0.1, 0.15) is 0 Å². The molecule has 0 fully saturated rings. The zero-order valence-corrected chi connectivity index (χ0v) is 14.0. The molecule has 0 aliphatic carbocycles. The molecule has 1 N–H and O–H groups in total. The highest BCUT2D eigenvalue weighted by molar-refractivity contribution is 9.10. The van der Waals surface area contributed by atoms with Crippen molar-refractivity contribution in [3.05, 3.63) is 68.4 Å². The topological polar surface area (TPSA) is 68.5 Å². The summed E-state index contributed by atoms with van der Waals surface area (Å²) in [7, 11) is 0. The fourth-order valence-electron chi connectivity index (χ4n) is 2.40. The van der Waals surface area contributed by atoms with Crippen LogP contribution >= 0.6 is 15.9 Å². The molecule has 3 rings (SSSR count). The molecule has 10 heteroatoms. The Morgan fingerprint density at radius 2 is 1.81 bits per heavy atom. The van der Waals surface area contributed by atoms with Crippen LogP contribution in [0, 0.1) is 23.3 Å². The van der Waals surface area contributed by atoms with E-state index in [0.29, 0.717) is 12.1 Å². The number of ether oxygens (including phenoxy) is 1. The monoisotopic (exact) mass is 431 g/mol. The van der Waals surface area contributed by atoms with Crippen LogP contribution < -0.4 is 10.2 Å². The van der Waals surface area contributed by atoms with Gasteiger partial charge in [-0.1, -0.05) is 0 Å². The first-order chi connectivity index (χ1) is 12.2. The smallest absolute Gasteiger partial charge is 0.449 e. The van der Waals surface area contributed by atoms with Crippen LogP contribution in [0.4, 0.5) is 22.4 Å². The predicted molar refractivity (Wildman–Crippen MR) is 85.7 cm³/mol. The van der Waals surface area contributed by atoms with Crippen molar-refractivity contribution in [2.45, 2.75) is 0 Å². The van der Waals surface area contributed by atoms with Crippen molar-refractivity contribution in [1.29, 1.82) is 0 Å². The Bertz CT molecular complexity index is 1130. The largest absolute Gasteiger partial charge is 0.511 e. The molecule has 5 nitrogen and oxygen atoms in total. The summed E-state index contributed by atoms with van der Waals surface area (Å²) >= 11 is 2.80. The molecule has 0 radical (unpaired) electrons. The molecular weight excluding hydrogens is 426 g/mol. The third-order valence-electron chi connectivity index (χ3n) is 3.46. The second kappa shape index (κ2) is 6.45. The number of nitrogens with zero attached hydrogens (tertiary/aromatic N) is 1. The molecule has 0 saturated carbocycles. The van der Waals surface area contributed by atoms with Gasteiger partial charge in [0.05, 0.1) is 27.3 Å². The SMILES string of the molecule is O=C(O)Oc1cn(-c2ccc(F)cc2F)c2c(Br)c(F)c(F)cc2c1=O. The Morgan fingerprint density at radius 3 is 2.42 bits per heavy atom. The summed E-state index contributed by atoms with van der Waals surface area (Å²) < 4.78 is 59.7. The van der Waals surface area contributed by atoms with Crippen molar-refractivity contribution in [2.75, 3.05) is 0 Å². The summed E-state index contributed by atoms with van der Waals surface area (Å²) in [5.74, 6) is -5.49. The number of hydrogen-bond acceptors (Lipinski definition) is 3. The van der Waals surface area contributed by atoms with Gasteiger partial charge in [0.25, 0.3) is 0 Å². The molecule has 0 spiro atoms. The number of aromatic nitrogens is 1. The van der Waals surface area contributed by atoms with E-state index in [1.165, 1.54) is 0 Å². The maximum absolute atomic E-state index is 14.2. The third kappa shape index (κ3) is 2.92. The second-order valence-corrected chi connectivity index (χ2v) is 5.83. The van der Waals surface area contributed by atoms with Crippen LogP contribution in [0.25, 0.3) is 16.6 Å². The van der Waals surface area contributed by atoms with Gasteiger partial charge in [-0.05, 0) is 34.1 Å². The van der Waals surface area contributed by atoms with E-state index in [1.807, 2.05) is 0 Å². The van der Waals surface area contributed by atoms with Crippen molar-refractivity contribution in [3.8, 4) is 11.4 Å². The Morgan fingerprint density at radius 1 is 1.12 bits per heavy atom. The summed E-state index contributed by atoms with van der Waals surface area (Å²) in [6.07, 6.45) is -1.05. The van der Waals surface area contributed by atoms with Gasteiger partial charge in [0.15, 0.2) is 17.4 Å². The lowest BCUT2D eigenvalue weighted by Crippen LogP contribution is -2.17. The van der Waals surface area contributed by atoms with Gasteiger partial charge in [-0.3, -0.25) is 4.79 Å². The molecule has 0 aliphatic heterocycles. The minimum Gasteiger partial charge on any atom is -0.449 e. The molecule has 0 amide bonds. The van der Waals surface area contributed by atoms with Crippen LogP contribution in [0.5, 0.6) is 5.75 Å². The molecule has 2 aromatic carbocycles. The first kappa shape index (κ1) is 17.9. The number of hydrogen-bond donors (Lipinski definition) is 1. The van der Waals surface area contributed by atoms with Gasteiger partial charge in [0.1, 0.15) is 11.6 Å². The molecule has 0 atom stereocenters. The first-order valence-corrected chi connectivity index (χ1v) is 7.59. The maximum atomic E-state index is 14.2. The highest BCUT2D eigenvalue weighted by Crippen LogP contribution is 2.31. The summed E-state index contributed by atoms with van der Waals surface area (Å²) in [6, 6.07) is 2.94. The number of rotatable bonds is 2. The van der Waals surface area contributed by atoms with Gasteiger partial charge in [-0.15, -0.1) is 0 Å². The summed E-state index contributed by atoms with van der Waals surface area (Å²) in [4.78, 5) is 23.1. The van der Waals surface area contributed by atoms with Crippen LogP contribution in [0.15, 0.2) is 39.7 Å². The van der Waals surface area contributed by atoms with Gasteiger partial charge < -0.3 is 14.4 Å². The highest BCUT2D eigenvalue weighted by Gasteiger charge is 2.22. The summed E-state index contributed by atoms with van der Waals surface area (Å²) in [5.41, 5.74) is -1.70. The van der Waals surface area contributed by atoms with Crippen molar-refractivity contribution < 1.29 is 32.2 Å². The average molecular weight is 432 g/mol. The van der Waals surface area contributed by atoms with E-state index < -0.39 is 50.5 Å². The van der Waals surface area contributed by atoms with Crippen molar-refractivity contribution >= 4 is 33.0 Å². The number of carbonyl (C=O) groups is 1. The van der Waals surface area contributed by atoms with E-state index in [4.69, 9.17) is 5.11 Å². The number of halogens is 5. The van der Waals surface area contributed by atoms with E-state index in [-0.39, 0.29) is 11.2 Å². The standard InChI is InChI=1S/C16H6BrF4NO4/c17-12-13(21)9(20)4-7-14(12)22(5-11(15(7)23)26-16(24)25)10-2-1-6(18)3-8(10)19/h1-5H,(H,24,25). The fraction of sp³-hybridized carbons (Fsp3) is 0. The number of fused-ring (bicyclic) bond motifs is 1. The Kier molecular flexibility index (Phi) is 4.45. The predicted octanol–water partition coefficient (Wildman–Crippen LogP) is 4.37.